The van der Waals surface area contributed by atoms with E-state index in [2.05, 4.69) is 115 Å². The minimum atomic E-state index is -0.293. The average molecular weight is 561 g/mol. The Morgan fingerprint density at radius 3 is 1.43 bits per heavy atom. The summed E-state index contributed by atoms with van der Waals surface area (Å²) < 4.78 is 9.46. The lowest BCUT2D eigenvalue weighted by atomic mass is 9.93. The van der Waals surface area contributed by atoms with Gasteiger partial charge in [0.15, 0.2) is 0 Å². The van der Waals surface area contributed by atoms with E-state index in [4.69, 9.17) is 10.2 Å². The first kappa shape index (κ1) is 22.9. The molecule has 9 rings (SSSR count). The van der Waals surface area contributed by atoms with Crippen LogP contribution in [0.5, 0.6) is 0 Å². The van der Waals surface area contributed by atoms with Crippen molar-refractivity contribution in [2.45, 2.75) is 38.5 Å². The number of hydrogen-bond donors (Lipinski definition) is 0. The van der Waals surface area contributed by atoms with E-state index >= 15 is 0 Å². The zero-order valence-electron chi connectivity index (χ0n) is 22.0. The summed E-state index contributed by atoms with van der Waals surface area (Å²) in [6, 6.07) is 30.4. The van der Waals surface area contributed by atoms with Crippen molar-refractivity contribution in [1.82, 2.24) is 0 Å². The summed E-state index contributed by atoms with van der Waals surface area (Å²) in [6.45, 7) is 0. The molecular formula is C32H28N6S2. The van der Waals surface area contributed by atoms with E-state index in [1.165, 1.54) is 56.5 Å². The van der Waals surface area contributed by atoms with Gasteiger partial charge in [-0.3, -0.25) is 8.61 Å². The summed E-state index contributed by atoms with van der Waals surface area (Å²) >= 11 is 0. The molecule has 6 nitrogen and oxygen atoms in total. The second-order valence-corrected chi connectivity index (χ2v) is 14.0. The van der Waals surface area contributed by atoms with Gasteiger partial charge in [0.25, 0.3) is 0 Å². The number of para-hydroxylation sites is 2. The van der Waals surface area contributed by atoms with E-state index in [-0.39, 0.29) is 21.7 Å². The highest BCUT2D eigenvalue weighted by atomic mass is 32.2. The minimum Gasteiger partial charge on any atom is -0.279 e. The van der Waals surface area contributed by atoms with Crippen LogP contribution in [0, 0.1) is 0 Å². The van der Waals surface area contributed by atoms with Crippen molar-refractivity contribution in [2.24, 2.45) is 10.2 Å². The fourth-order valence-electron chi connectivity index (χ4n) is 6.36. The van der Waals surface area contributed by atoms with Crippen LogP contribution in [0.25, 0.3) is 0 Å². The Labute approximate surface area is 239 Å². The third-order valence-electron chi connectivity index (χ3n) is 8.15. The molecule has 2 fully saturated rings. The van der Waals surface area contributed by atoms with Crippen molar-refractivity contribution in [3.05, 3.63) is 108 Å². The number of hydrazone groups is 2. The highest BCUT2D eigenvalue weighted by Crippen LogP contribution is 2.51. The minimum absolute atomic E-state index is 0.293. The van der Waals surface area contributed by atoms with Crippen molar-refractivity contribution in [3.8, 4) is 0 Å². The van der Waals surface area contributed by atoms with E-state index in [1.54, 1.807) is 0 Å². The van der Waals surface area contributed by atoms with Crippen LogP contribution in [-0.4, -0.2) is 21.2 Å². The molecule has 0 amide bonds. The molecule has 2 aliphatic carbocycles. The van der Waals surface area contributed by atoms with Gasteiger partial charge in [0, 0.05) is 34.1 Å². The molecule has 0 aromatic heterocycles. The topological polar surface area (TPSA) is 37.7 Å². The van der Waals surface area contributed by atoms with E-state index in [0.717, 1.165) is 37.1 Å². The Morgan fingerprint density at radius 2 is 0.950 bits per heavy atom. The SMILES string of the molecule is C1=C2CCCC3=NN(c4ccccc4)S(=C23)N1c1cccc(N2C=C3CCCC4=NN(c5ccccc5)S2=C34)c1. The molecule has 198 valence electrons. The smallest absolute Gasteiger partial charge is 0.0786 e. The summed E-state index contributed by atoms with van der Waals surface area (Å²) in [5.41, 5.74) is 10.2. The van der Waals surface area contributed by atoms with E-state index in [9.17, 15) is 0 Å². The molecule has 0 bridgehead atoms. The Kier molecular flexibility index (Phi) is 5.04. The third kappa shape index (κ3) is 3.32. The number of rotatable bonds is 4. The third-order valence-corrected chi connectivity index (χ3v) is 12.5. The Bertz CT molecular complexity index is 1640. The van der Waals surface area contributed by atoms with Gasteiger partial charge in [-0.2, -0.15) is 19.0 Å². The summed E-state index contributed by atoms with van der Waals surface area (Å²) in [5, 5.41) is 10.3. The number of benzene rings is 3. The zero-order chi connectivity index (χ0) is 26.2. The maximum absolute atomic E-state index is 5.16. The number of hydrogen-bond acceptors (Lipinski definition) is 6. The van der Waals surface area contributed by atoms with Crippen LogP contribution in [0.1, 0.15) is 38.5 Å². The lowest BCUT2D eigenvalue weighted by Crippen LogP contribution is -2.19. The van der Waals surface area contributed by atoms with Crippen LogP contribution >= 0.6 is 21.7 Å². The molecule has 8 heteroatoms. The average Bonchev–Trinajstić information content (AvgIpc) is 3.79. The molecule has 40 heavy (non-hydrogen) atoms. The molecule has 6 aliphatic rings. The van der Waals surface area contributed by atoms with Crippen LogP contribution in [0.3, 0.4) is 0 Å². The van der Waals surface area contributed by atoms with Gasteiger partial charge in [0.1, 0.15) is 0 Å². The van der Waals surface area contributed by atoms with Crippen LogP contribution in [0.15, 0.2) is 119 Å². The number of nitrogens with zero attached hydrogens (tertiary/aromatic N) is 6. The van der Waals surface area contributed by atoms with Gasteiger partial charge in [-0.25, -0.2) is 0 Å². The maximum Gasteiger partial charge on any atom is 0.0786 e. The molecule has 2 atom stereocenters. The summed E-state index contributed by atoms with van der Waals surface area (Å²) in [5.74, 6) is 0. The van der Waals surface area contributed by atoms with Gasteiger partial charge in [-0.05, 0) is 92.1 Å². The van der Waals surface area contributed by atoms with Gasteiger partial charge >= 0.3 is 0 Å². The summed E-state index contributed by atoms with van der Waals surface area (Å²) in [6.07, 6.45) is 11.5. The van der Waals surface area contributed by atoms with Crippen molar-refractivity contribution >= 4 is 65.6 Å². The maximum atomic E-state index is 5.16. The van der Waals surface area contributed by atoms with Crippen molar-refractivity contribution in [3.63, 3.8) is 0 Å². The molecule has 3 aromatic carbocycles. The lowest BCUT2D eigenvalue weighted by Gasteiger charge is -2.30. The first-order chi connectivity index (χ1) is 19.8. The van der Waals surface area contributed by atoms with Gasteiger partial charge in [0.05, 0.1) is 43.9 Å². The van der Waals surface area contributed by atoms with E-state index < -0.39 is 0 Å². The Hall–Kier alpha value is -3.88. The fraction of sp³-hybridized carbons (Fsp3) is 0.188. The van der Waals surface area contributed by atoms with Gasteiger partial charge < -0.3 is 0 Å². The summed E-state index contributed by atoms with van der Waals surface area (Å²) in [4.78, 5) is 2.88. The monoisotopic (exact) mass is 560 g/mol. The molecule has 4 heterocycles. The molecule has 3 aromatic rings. The normalized spacial score (nSPS) is 24.2. The van der Waals surface area contributed by atoms with Crippen LogP contribution in [-0.2, 0) is 0 Å². The first-order valence-corrected chi connectivity index (χ1v) is 16.3. The molecular weight excluding hydrogens is 533 g/mol. The Balaban J connectivity index is 1.13. The molecule has 0 radical (unpaired) electrons. The van der Waals surface area contributed by atoms with Crippen LogP contribution < -0.4 is 17.4 Å². The van der Waals surface area contributed by atoms with Crippen molar-refractivity contribution in [2.75, 3.05) is 17.4 Å². The van der Waals surface area contributed by atoms with Gasteiger partial charge in [-0.15, -0.1) is 0 Å². The van der Waals surface area contributed by atoms with Crippen LogP contribution in [0.2, 0.25) is 0 Å². The number of anilines is 4. The van der Waals surface area contributed by atoms with Crippen LogP contribution in [0.4, 0.5) is 22.7 Å². The summed E-state index contributed by atoms with van der Waals surface area (Å²) in [7, 11) is -0.586. The quantitative estimate of drug-likeness (QED) is 0.306. The predicted octanol–water partition coefficient (Wildman–Crippen LogP) is 7.76. The fourth-order valence-corrected chi connectivity index (χ4v) is 11.0. The highest BCUT2D eigenvalue weighted by Gasteiger charge is 2.40. The molecule has 2 unspecified atom stereocenters. The van der Waals surface area contributed by atoms with Gasteiger partial charge in [-0.1, -0.05) is 42.5 Å². The van der Waals surface area contributed by atoms with Gasteiger partial charge in [0.2, 0.25) is 0 Å². The molecule has 0 spiro atoms. The van der Waals surface area contributed by atoms with E-state index in [0.29, 0.717) is 0 Å². The molecule has 4 aliphatic heterocycles. The molecule has 2 saturated carbocycles. The van der Waals surface area contributed by atoms with E-state index in [1.807, 2.05) is 0 Å². The molecule has 0 N–H and O–H groups in total. The highest BCUT2D eigenvalue weighted by molar-refractivity contribution is 8.20. The zero-order valence-corrected chi connectivity index (χ0v) is 23.6. The largest absolute Gasteiger partial charge is 0.279 e. The number of allylic oxidation sites excluding steroid dienone is 2. The molecule has 0 saturated heterocycles. The Morgan fingerprint density at radius 1 is 0.500 bits per heavy atom. The standard InChI is InChI=1S/C32H28N6S2/c1-3-12-25(13-4-1)37-33-29-18-7-10-23-21-35(39(37)31(23)29)27-16-9-17-28(20-27)36-22-24-11-8-19-30-32(24)40(36)38(34-30)26-14-5-2-6-15-26/h1-6,9,12-17,20-22H,7-8,10-11,18-19H2. The first-order valence-electron chi connectivity index (χ1n) is 14.0. The lowest BCUT2D eigenvalue weighted by molar-refractivity contribution is 0.862. The second kappa shape index (κ2) is 8.81. The second-order valence-electron chi connectivity index (χ2n) is 10.7. The van der Waals surface area contributed by atoms with Crippen molar-refractivity contribution in [1.29, 1.82) is 0 Å². The van der Waals surface area contributed by atoms with Crippen molar-refractivity contribution < 1.29 is 0 Å². The predicted molar refractivity (Wildman–Crippen MR) is 173 cm³/mol.